The Labute approximate surface area is 107 Å². The third-order valence-corrected chi connectivity index (χ3v) is 2.48. The predicted octanol–water partition coefficient (Wildman–Crippen LogP) is -0.816. The monoisotopic (exact) mass is 301 g/mol. The molecule has 0 unspecified atom stereocenters. The Kier molecular flexibility index (Phi) is 3.82. The molecule has 1 saturated heterocycles. The molecule has 1 amide bonds. The smallest absolute Gasteiger partial charge is 0.449 e. The van der Waals surface area contributed by atoms with E-state index in [9.17, 15) is 43.0 Å². The number of hydrogen-bond acceptors (Lipinski definition) is 7. The van der Waals surface area contributed by atoms with Crippen LogP contribution in [0.4, 0.5) is 13.2 Å². The largest absolute Gasteiger partial charge is 0.492 e. The Balaban J connectivity index is 2.52. The van der Waals surface area contributed by atoms with Gasteiger partial charge in [0, 0.05) is 0 Å². The molecular formula is C7H6F3N3O7. The van der Waals surface area contributed by atoms with Crippen LogP contribution in [-0.4, -0.2) is 58.2 Å². The molecule has 0 aromatic heterocycles. The zero-order chi connectivity index (χ0) is 15.7. The number of likely N-dealkylation sites (tertiary alicyclic amines) is 1. The van der Waals surface area contributed by atoms with Crippen molar-refractivity contribution in [3.05, 3.63) is 20.2 Å². The summed E-state index contributed by atoms with van der Waals surface area (Å²) in [5.74, 6) is -3.79. The molecule has 0 atom stereocenters. The number of nitrogens with zero attached hydrogens (tertiary/aromatic N) is 3. The van der Waals surface area contributed by atoms with Crippen LogP contribution in [0.15, 0.2) is 0 Å². The molecule has 0 aromatic rings. The lowest BCUT2D eigenvalue weighted by Gasteiger charge is -2.35. The van der Waals surface area contributed by atoms with Crippen LogP contribution in [0.2, 0.25) is 0 Å². The third-order valence-electron chi connectivity index (χ3n) is 2.48. The second kappa shape index (κ2) is 4.90. The first-order valence-corrected chi connectivity index (χ1v) is 4.81. The maximum Gasteiger partial charge on any atom is 0.492 e. The summed E-state index contributed by atoms with van der Waals surface area (Å²) in [5, 5.41) is 21.0. The molecule has 112 valence electrons. The Morgan fingerprint density at radius 3 is 2.00 bits per heavy atom. The molecule has 1 aliphatic rings. The van der Waals surface area contributed by atoms with Crippen molar-refractivity contribution in [3.8, 4) is 0 Å². The highest BCUT2D eigenvalue weighted by molar-refractivity contribution is 5.83. The summed E-state index contributed by atoms with van der Waals surface area (Å²) in [6, 6.07) is 0. The molecule has 0 bridgehead atoms. The summed E-state index contributed by atoms with van der Waals surface area (Å²) < 4.78 is 38.9. The lowest BCUT2D eigenvalue weighted by atomic mass is 10.0. The van der Waals surface area contributed by atoms with E-state index in [4.69, 9.17) is 0 Å². The minimum Gasteiger partial charge on any atom is -0.449 e. The fourth-order valence-corrected chi connectivity index (χ4v) is 1.34. The van der Waals surface area contributed by atoms with E-state index < -0.39 is 53.3 Å². The molecule has 0 radical (unpaired) electrons. The maximum atomic E-state index is 11.8. The normalized spacial score (nSPS) is 17.1. The lowest BCUT2D eigenvalue weighted by Crippen LogP contribution is -2.71. The van der Waals surface area contributed by atoms with E-state index in [1.165, 1.54) is 0 Å². The van der Waals surface area contributed by atoms with Gasteiger partial charge in [0.15, 0.2) is 19.7 Å². The highest BCUT2D eigenvalue weighted by Crippen LogP contribution is 2.25. The number of nitro groups is 2. The van der Waals surface area contributed by atoms with Gasteiger partial charge in [-0.2, -0.15) is 13.2 Å². The van der Waals surface area contributed by atoms with Gasteiger partial charge in [0.05, 0.1) is 0 Å². The molecular weight excluding hydrogens is 295 g/mol. The van der Waals surface area contributed by atoms with Gasteiger partial charge < -0.3 is 9.64 Å². The molecule has 0 aromatic carbocycles. The van der Waals surface area contributed by atoms with Gasteiger partial charge in [-0.3, -0.25) is 25.0 Å². The van der Waals surface area contributed by atoms with Crippen molar-refractivity contribution in [2.75, 3.05) is 19.7 Å². The Hall–Kier alpha value is -2.47. The zero-order valence-corrected chi connectivity index (χ0v) is 9.45. The molecule has 1 heterocycles. The molecule has 0 N–H and O–H groups in total. The van der Waals surface area contributed by atoms with Gasteiger partial charge in [-0.25, -0.2) is 4.79 Å². The quantitative estimate of drug-likeness (QED) is 0.287. The van der Waals surface area contributed by atoms with E-state index in [-0.39, 0.29) is 0 Å². The molecule has 1 fully saturated rings. The van der Waals surface area contributed by atoms with E-state index in [1.807, 2.05) is 0 Å². The van der Waals surface area contributed by atoms with E-state index in [0.717, 1.165) is 0 Å². The summed E-state index contributed by atoms with van der Waals surface area (Å²) in [5.41, 5.74) is -2.57. The Morgan fingerprint density at radius 2 is 1.65 bits per heavy atom. The average Bonchev–Trinajstić information content (AvgIpc) is 2.21. The van der Waals surface area contributed by atoms with Crippen molar-refractivity contribution in [2.24, 2.45) is 0 Å². The van der Waals surface area contributed by atoms with Gasteiger partial charge in [-0.1, -0.05) is 0 Å². The van der Waals surface area contributed by atoms with Crippen molar-refractivity contribution in [1.82, 2.24) is 4.90 Å². The summed E-state index contributed by atoms with van der Waals surface area (Å²) in [6.07, 6.45) is -5.28. The standard InChI is InChI=1S/C7H6F3N3O7/c8-7(9,10)5(15)20-1-4(14)11-2-6(3-11,12(16)17)13(18)19/h1-3H2. The van der Waals surface area contributed by atoms with Crippen LogP contribution in [0.3, 0.4) is 0 Å². The number of carbonyl (C=O) groups excluding carboxylic acids is 2. The fourth-order valence-electron chi connectivity index (χ4n) is 1.34. The highest BCUT2D eigenvalue weighted by atomic mass is 19.4. The van der Waals surface area contributed by atoms with Crippen LogP contribution in [-0.2, 0) is 14.3 Å². The molecule has 20 heavy (non-hydrogen) atoms. The predicted molar refractivity (Wildman–Crippen MR) is 50.3 cm³/mol. The average molecular weight is 301 g/mol. The zero-order valence-electron chi connectivity index (χ0n) is 9.45. The molecule has 0 aliphatic carbocycles. The summed E-state index contributed by atoms with van der Waals surface area (Å²) in [6.45, 7) is -3.12. The van der Waals surface area contributed by atoms with Crippen LogP contribution in [0.5, 0.6) is 0 Å². The number of carbonyl (C=O) groups is 2. The molecule has 13 heteroatoms. The van der Waals surface area contributed by atoms with Gasteiger partial charge in [0.2, 0.25) is 0 Å². The number of rotatable bonds is 4. The Bertz CT molecular complexity index is 455. The number of ether oxygens (including phenoxy) is 1. The first-order valence-electron chi connectivity index (χ1n) is 4.81. The Morgan fingerprint density at radius 1 is 1.20 bits per heavy atom. The van der Waals surface area contributed by atoms with Crippen molar-refractivity contribution in [3.63, 3.8) is 0 Å². The summed E-state index contributed by atoms with van der Waals surface area (Å²) >= 11 is 0. The molecule has 1 aliphatic heterocycles. The highest BCUT2D eigenvalue weighted by Gasteiger charge is 2.67. The van der Waals surface area contributed by atoms with Crippen LogP contribution in [0.1, 0.15) is 0 Å². The van der Waals surface area contributed by atoms with Gasteiger partial charge >= 0.3 is 17.8 Å². The molecule has 10 nitrogen and oxygen atoms in total. The van der Waals surface area contributed by atoms with Crippen LogP contribution < -0.4 is 0 Å². The fraction of sp³-hybridized carbons (Fsp3) is 0.714. The van der Waals surface area contributed by atoms with Crippen LogP contribution >= 0.6 is 0 Å². The number of halogens is 3. The van der Waals surface area contributed by atoms with Crippen molar-refractivity contribution in [2.45, 2.75) is 11.8 Å². The van der Waals surface area contributed by atoms with Crippen LogP contribution in [0, 0.1) is 20.2 Å². The van der Waals surface area contributed by atoms with Gasteiger partial charge in [-0.15, -0.1) is 0 Å². The molecule has 0 spiro atoms. The number of hydrogen-bond donors (Lipinski definition) is 0. The first-order chi connectivity index (χ1) is 9.00. The topological polar surface area (TPSA) is 133 Å². The first kappa shape index (κ1) is 15.6. The van der Waals surface area contributed by atoms with Crippen molar-refractivity contribution < 1.29 is 37.3 Å². The van der Waals surface area contributed by atoms with Gasteiger partial charge in [0.1, 0.15) is 9.85 Å². The van der Waals surface area contributed by atoms with E-state index in [2.05, 4.69) is 4.74 Å². The minimum atomic E-state index is -5.28. The van der Waals surface area contributed by atoms with Crippen molar-refractivity contribution >= 4 is 11.9 Å². The van der Waals surface area contributed by atoms with Crippen molar-refractivity contribution in [1.29, 1.82) is 0 Å². The molecule has 1 rings (SSSR count). The second-order valence-electron chi connectivity index (χ2n) is 3.82. The van der Waals surface area contributed by atoms with E-state index in [0.29, 0.717) is 4.90 Å². The third kappa shape index (κ3) is 2.75. The van der Waals surface area contributed by atoms with Gasteiger partial charge in [-0.05, 0) is 0 Å². The van der Waals surface area contributed by atoms with E-state index in [1.54, 1.807) is 0 Å². The number of amides is 1. The van der Waals surface area contributed by atoms with Crippen LogP contribution in [0.25, 0.3) is 0 Å². The summed E-state index contributed by atoms with van der Waals surface area (Å²) in [7, 11) is 0. The van der Waals surface area contributed by atoms with Gasteiger partial charge in [0.25, 0.3) is 5.91 Å². The second-order valence-corrected chi connectivity index (χ2v) is 3.82. The van der Waals surface area contributed by atoms with E-state index >= 15 is 0 Å². The summed E-state index contributed by atoms with van der Waals surface area (Å²) in [4.78, 5) is 40.7. The minimum absolute atomic E-state index is 0.551. The maximum absolute atomic E-state index is 11.8. The number of esters is 1. The SMILES string of the molecule is O=C(COC(=O)C(F)(F)F)N1CC([N+](=O)[O-])([N+](=O)[O-])C1. The molecule has 0 saturated carbocycles. The number of alkyl halides is 3. The lowest BCUT2D eigenvalue weighted by molar-refractivity contribution is -0.809.